The third kappa shape index (κ3) is 3.20. The van der Waals surface area contributed by atoms with Gasteiger partial charge in [0.05, 0.1) is 11.3 Å². The molecule has 1 unspecified atom stereocenters. The number of primary amides is 1. The van der Waals surface area contributed by atoms with Crippen molar-refractivity contribution in [1.82, 2.24) is 4.98 Å². The second-order valence-electron chi connectivity index (χ2n) is 4.24. The van der Waals surface area contributed by atoms with Gasteiger partial charge in [0, 0.05) is 11.8 Å². The van der Waals surface area contributed by atoms with Crippen molar-refractivity contribution >= 4 is 11.9 Å². The van der Waals surface area contributed by atoms with E-state index >= 15 is 0 Å². The Kier molecular flexibility index (Phi) is 4.10. The lowest BCUT2D eigenvalue weighted by molar-refractivity contribution is 0.0329. The SMILES string of the molecule is CC(OC(=O)c1ccc(C(N)=O)cc1)c1ccccn1. The predicted octanol–water partition coefficient (Wildman–Crippen LogP) is 2.10. The number of benzene rings is 1. The number of hydrogen-bond acceptors (Lipinski definition) is 4. The fraction of sp³-hybridized carbons (Fsp3) is 0.133. The average molecular weight is 270 g/mol. The van der Waals surface area contributed by atoms with Crippen LogP contribution in [0, 0.1) is 0 Å². The molecule has 20 heavy (non-hydrogen) atoms. The Labute approximate surface area is 116 Å². The molecule has 0 spiro atoms. The normalized spacial score (nSPS) is 11.7. The second kappa shape index (κ2) is 5.97. The minimum Gasteiger partial charge on any atom is -0.453 e. The molecule has 1 aromatic heterocycles. The molecular formula is C15H14N2O3. The van der Waals surface area contributed by atoms with Gasteiger partial charge in [-0.2, -0.15) is 0 Å². The van der Waals surface area contributed by atoms with E-state index in [0.717, 1.165) is 0 Å². The largest absolute Gasteiger partial charge is 0.453 e. The molecule has 0 saturated heterocycles. The topological polar surface area (TPSA) is 82.3 Å². The summed E-state index contributed by atoms with van der Waals surface area (Å²) in [6.45, 7) is 1.75. The summed E-state index contributed by atoms with van der Waals surface area (Å²) in [5.41, 5.74) is 6.51. The molecule has 0 saturated carbocycles. The van der Waals surface area contributed by atoms with Crippen LogP contribution < -0.4 is 5.73 Å². The molecule has 102 valence electrons. The van der Waals surface area contributed by atoms with Gasteiger partial charge in [0.2, 0.25) is 5.91 Å². The Hall–Kier alpha value is -2.69. The maximum Gasteiger partial charge on any atom is 0.338 e. The van der Waals surface area contributed by atoms with E-state index in [9.17, 15) is 9.59 Å². The van der Waals surface area contributed by atoms with Crippen LogP contribution in [-0.4, -0.2) is 16.9 Å². The van der Waals surface area contributed by atoms with Gasteiger partial charge in [0.1, 0.15) is 6.10 Å². The van der Waals surface area contributed by atoms with E-state index in [4.69, 9.17) is 10.5 Å². The highest BCUT2D eigenvalue weighted by Crippen LogP contribution is 2.16. The standard InChI is InChI=1S/C15H14N2O3/c1-10(13-4-2-3-9-17-13)20-15(19)12-7-5-11(6-8-12)14(16)18/h2-10H,1H3,(H2,16,18). The molecule has 5 heteroatoms. The Bertz CT molecular complexity index is 609. The van der Waals surface area contributed by atoms with Crippen molar-refractivity contribution in [2.24, 2.45) is 5.73 Å². The van der Waals surface area contributed by atoms with E-state index in [2.05, 4.69) is 4.98 Å². The first-order valence-corrected chi connectivity index (χ1v) is 6.09. The van der Waals surface area contributed by atoms with Crippen molar-refractivity contribution in [3.8, 4) is 0 Å². The number of amides is 1. The van der Waals surface area contributed by atoms with E-state index in [1.165, 1.54) is 24.3 Å². The molecule has 2 N–H and O–H groups in total. The summed E-state index contributed by atoms with van der Waals surface area (Å²) in [6, 6.07) is 11.4. The smallest absolute Gasteiger partial charge is 0.338 e. The molecule has 1 heterocycles. The molecule has 0 fully saturated rings. The monoisotopic (exact) mass is 270 g/mol. The Morgan fingerprint density at radius 3 is 2.30 bits per heavy atom. The van der Waals surface area contributed by atoms with E-state index in [1.807, 2.05) is 6.07 Å². The van der Waals surface area contributed by atoms with Crippen molar-refractivity contribution in [3.63, 3.8) is 0 Å². The van der Waals surface area contributed by atoms with Gasteiger partial charge >= 0.3 is 5.97 Å². The number of nitrogens with zero attached hydrogens (tertiary/aromatic N) is 1. The maximum absolute atomic E-state index is 11.9. The van der Waals surface area contributed by atoms with Gasteiger partial charge in [0.15, 0.2) is 0 Å². The number of nitrogens with two attached hydrogens (primary N) is 1. The van der Waals surface area contributed by atoms with Crippen LogP contribution in [0.3, 0.4) is 0 Å². The lowest BCUT2D eigenvalue weighted by Crippen LogP contribution is -2.13. The summed E-state index contributed by atoms with van der Waals surface area (Å²) in [7, 11) is 0. The van der Waals surface area contributed by atoms with E-state index < -0.39 is 18.0 Å². The summed E-state index contributed by atoms with van der Waals surface area (Å²) < 4.78 is 5.31. The van der Waals surface area contributed by atoms with Gasteiger partial charge in [-0.15, -0.1) is 0 Å². The molecule has 1 atom stereocenters. The summed E-state index contributed by atoms with van der Waals surface area (Å²) in [5, 5.41) is 0. The molecule has 0 aliphatic heterocycles. The number of ether oxygens (including phenoxy) is 1. The molecule has 0 bridgehead atoms. The highest BCUT2D eigenvalue weighted by molar-refractivity contribution is 5.95. The first-order valence-electron chi connectivity index (χ1n) is 6.09. The zero-order valence-corrected chi connectivity index (χ0v) is 10.9. The van der Waals surface area contributed by atoms with Crippen LogP contribution in [0.1, 0.15) is 39.4 Å². The van der Waals surface area contributed by atoms with Gasteiger partial charge in [-0.05, 0) is 43.3 Å². The number of rotatable bonds is 4. The van der Waals surface area contributed by atoms with Crippen LogP contribution in [0.2, 0.25) is 0 Å². The zero-order valence-electron chi connectivity index (χ0n) is 10.9. The Morgan fingerprint density at radius 2 is 1.75 bits per heavy atom. The van der Waals surface area contributed by atoms with Crippen LogP contribution in [0.4, 0.5) is 0 Å². The number of aromatic nitrogens is 1. The van der Waals surface area contributed by atoms with Crippen molar-refractivity contribution in [3.05, 3.63) is 65.5 Å². The van der Waals surface area contributed by atoms with Crippen LogP contribution >= 0.6 is 0 Å². The molecule has 0 aliphatic rings. The Morgan fingerprint density at radius 1 is 1.10 bits per heavy atom. The number of hydrogen-bond donors (Lipinski definition) is 1. The van der Waals surface area contributed by atoms with Crippen molar-refractivity contribution < 1.29 is 14.3 Å². The lowest BCUT2D eigenvalue weighted by atomic mass is 10.1. The Balaban J connectivity index is 2.06. The van der Waals surface area contributed by atoms with Crippen LogP contribution in [0.5, 0.6) is 0 Å². The molecule has 2 aromatic rings. The molecular weight excluding hydrogens is 256 g/mol. The summed E-state index contributed by atoms with van der Waals surface area (Å²) >= 11 is 0. The highest BCUT2D eigenvalue weighted by Gasteiger charge is 2.14. The van der Waals surface area contributed by atoms with Gasteiger partial charge in [0.25, 0.3) is 0 Å². The first-order chi connectivity index (χ1) is 9.58. The van der Waals surface area contributed by atoms with Gasteiger partial charge in [-0.1, -0.05) is 6.07 Å². The quantitative estimate of drug-likeness (QED) is 0.862. The third-order valence-corrected chi connectivity index (χ3v) is 2.79. The maximum atomic E-state index is 11.9. The van der Waals surface area contributed by atoms with Gasteiger partial charge in [-0.25, -0.2) is 4.79 Å². The lowest BCUT2D eigenvalue weighted by Gasteiger charge is -2.12. The second-order valence-corrected chi connectivity index (χ2v) is 4.24. The highest BCUT2D eigenvalue weighted by atomic mass is 16.5. The number of carbonyl (C=O) groups excluding carboxylic acids is 2. The van der Waals surface area contributed by atoms with E-state index in [1.54, 1.807) is 25.3 Å². The first kappa shape index (κ1) is 13.7. The molecule has 1 aromatic carbocycles. The van der Waals surface area contributed by atoms with E-state index in [0.29, 0.717) is 16.8 Å². The molecule has 5 nitrogen and oxygen atoms in total. The van der Waals surface area contributed by atoms with Crippen molar-refractivity contribution in [1.29, 1.82) is 0 Å². The fourth-order valence-corrected chi connectivity index (χ4v) is 1.68. The van der Waals surface area contributed by atoms with Gasteiger partial charge in [-0.3, -0.25) is 9.78 Å². The minimum atomic E-state index is -0.535. The number of pyridine rings is 1. The predicted molar refractivity (Wildman–Crippen MR) is 73.0 cm³/mol. The number of carbonyl (C=O) groups is 2. The van der Waals surface area contributed by atoms with E-state index in [-0.39, 0.29) is 0 Å². The van der Waals surface area contributed by atoms with Crippen LogP contribution in [0.15, 0.2) is 48.7 Å². The zero-order chi connectivity index (χ0) is 14.5. The third-order valence-electron chi connectivity index (χ3n) is 2.79. The fourth-order valence-electron chi connectivity index (χ4n) is 1.68. The van der Waals surface area contributed by atoms with Crippen LogP contribution in [-0.2, 0) is 4.74 Å². The summed E-state index contributed by atoms with van der Waals surface area (Å²) in [5.74, 6) is -1.01. The van der Waals surface area contributed by atoms with Crippen molar-refractivity contribution in [2.45, 2.75) is 13.0 Å². The molecule has 2 rings (SSSR count). The summed E-state index contributed by atoms with van der Waals surface area (Å²) in [4.78, 5) is 27.0. The molecule has 0 radical (unpaired) electrons. The molecule has 0 aliphatic carbocycles. The summed E-state index contributed by atoms with van der Waals surface area (Å²) in [6.07, 6.45) is 1.20. The van der Waals surface area contributed by atoms with Crippen molar-refractivity contribution in [2.75, 3.05) is 0 Å². The average Bonchev–Trinajstić information content (AvgIpc) is 2.48. The number of esters is 1. The molecule has 1 amide bonds. The van der Waals surface area contributed by atoms with Crippen LogP contribution in [0.25, 0.3) is 0 Å². The minimum absolute atomic E-state index is 0.347. The van der Waals surface area contributed by atoms with Gasteiger partial charge < -0.3 is 10.5 Å².